The Morgan fingerprint density at radius 3 is 2.35 bits per heavy atom. The molecule has 3 heteroatoms. The van der Waals surface area contributed by atoms with E-state index in [1.165, 1.54) is 0 Å². The lowest BCUT2D eigenvalue weighted by Gasteiger charge is -1.95. The third kappa shape index (κ3) is 3.30. The van der Waals surface area contributed by atoms with Crippen LogP contribution in [-0.4, -0.2) is 13.3 Å². The van der Waals surface area contributed by atoms with E-state index in [2.05, 4.69) is 16.7 Å². The third-order valence-corrected chi connectivity index (χ3v) is 2.23. The third-order valence-electron chi connectivity index (χ3n) is 2.23. The highest BCUT2D eigenvalue weighted by Crippen LogP contribution is 2.10. The lowest BCUT2D eigenvalue weighted by atomic mass is 10.2. The van der Waals surface area contributed by atoms with Crippen molar-refractivity contribution in [3.05, 3.63) is 60.2 Å². The molecule has 2 rings (SSSR count). The molecule has 0 aliphatic rings. The summed E-state index contributed by atoms with van der Waals surface area (Å²) in [5, 5.41) is 4.03. The van der Waals surface area contributed by atoms with Crippen LogP contribution in [0.1, 0.15) is 5.56 Å². The van der Waals surface area contributed by atoms with E-state index in [0.717, 1.165) is 17.0 Å². The fourth-order valence-corrected chi connectivity index (χ4v) is 1.34. The minimum Gasteiger partial charge on any atom is -0.494 e. The monoisotopic (exact) mass is 225 g/mol. The first-order chi connectivity index (χ1) is 8.38. The lowest BCUT2D eigenvalue weighted by Crippen LogP contribution is -1.90. The summed E-state index contributed by atoms with van der Waals surface area (Å²) >= 11 is 0. The van der Waals surface area contributed by atoms with Crippen LogP contribution in [0.4, 0.5) is 5.69 Å². The van der Waals surface area contributed by atoms with Crippen LogP contribution in [-0.2, 0) is 0 Å². The fraction of sp³-hybridized carbons (Fsp3) is 0.0714. The number of ether oxygens (including phenoxy) is 1. The second-order valence-corrected chi connectivity index (χ2v) is 3.43. The Morgan fingerprint density at radius 2 is 1.71 bits per heavy atom. The first-order valence-corrected chi connectivity index (χ1v) is 5.29. The molecule has 3 nitrogen and oxygen atoms in total. The van der Waals surface area contributed by atoms with Gasteiger partial charge in [0.2, 0.25) is 5.56 Å². The van der Waals surface area contributed by atoms with Crippen molar-refractivity contribution in [3.8, 4) is 5.75 Å². The summed E-state index contributed by atoms with van der Waals surface area (Å²) in [6, 6.07) is 17.3. The molecule has 0 spiro atoms. The van der Waals surface area contributed by atoms with Crippen molar-refractivity contribution in [2.45, 2.75) is 0 Å². The standard InChI is InChI=1S/C14H13N2O/c1-17-14-9-7-12(8-10-14)11-15-16-13-5-3-2-4-6-13/h2-10,16H,1H3/q+1. The topological polar surface area (TPSA) is 33.6 Å². The number of benzene rings is 2. The van der Waals surface area contributed by atoms with Crippen molar-refractivity contribution in [2.24, 2.45) is 5.10 Å². The molecule has 0 radical (unpaired) electrons. The van der Waals surface area contributed by atoms with Crippen molar-refractivity contribution < 1.29 is 4.74 Å². The first kappa shape index (κ1) is 11.1. The molecule has 0 saturated heterocycles. The average molecular weight is 225 g/mol. The molecular formula is C14H13N2O+. The zero-order valence-corrected chi connectivity index (χ0v) is 9.55. The van der Waals surface area contributed by atoms with Crippen molar-refractivity contribution in [2.75, 3.05) is 12.5 Å². The molecule has 0 atom stereocenters. The molecule has 2 aromatic rings. The zero-order chi connectivity index (χ0) is 11.9. The predicted octanol–water partition coefficient (Wildman–Crippen LogP) is 3.02. The predicted molar refractivity (Wildman–Crippen MR) is 69.6 cm³/mol. The Balaban J connectivity index is 1.96. The molecule has 17 heavy (non-hydrogen) atoms. The number of nitrogens with one attached hydrogen (secondary N) is 1. The number of anilines is 1. The number of hydrazone groups is 1. The van der Waals surface area contributed by atoms with Gasteiger partial charge in [-0.1, -0.05) is 23.3 Å². The van der Waals surface area contributed by atoms with Crippen molar-refractivity contribution in [1.82, 2.24) is 0 Å². The highest BCUT2D eigenvalue weighted by molar-refractivity contribution is 5.80. The van der Waals surface area contributed by atoms with E-state index in [-0.39, 0.29) is 0 Å². The minimum absolute atomic E-state index is 0.826. The summed E-state index contributed by atoms with van der Waals surface area (Å²) in [6.07, 6.45) is 2.90. The van der Waals surface area contributed by atoms with Gasteiger partial charge in [-0.15, -0.1) is 0 Å². The van der Waals surface area contributed by atoms with Crippen molar-refractivity contribution >= 4 is 11.9 Å². The van der Waals surface area contributed by atoms with Crippen molar-refractivity contribution in [1.29, 1.82) is 0 Å². The highest BCUT2D eigenvalue weighted by Gasteiger charge is 2.00. The maximum absolute atomic E-state index is 5.07. The van der Waals surface area contributed by atoms with E-state index >= 15 is 0 Å². The first-order valence-electron chi connectivity index (χ1n) is 5.29. The minimum atomic E-state index is 0.826. The second-order valence-electron chi connectivity index (χ2n) is 3.43. The SMILES string of the molecule is COc1ccc([C+]=NNc2ccccc2)cc1. The molecule has 2 aromatic carbocycles. The van der Waals surface area contributed by atoms with Gasteiger partial charge in [0.1, 0.15) is 5.75 Å². The zero-order valence-electron chi connectivity index (χ0n) is 9.55. The number of methoxy groups -OCH3 is 1. The van der Waals surface area contributed by atoms with Crippen LogP contribution in [0.25, 0.3) is 0 Å². The molecule has 84 valence electrons. The molecule has 0 aliphatic carbocycles. The Bertz CT molecular complexity index is 477. The van der Waals surface area contributed by atoms with Gasteiger partial charge in [-0.25, -0.2) is 0 Å². The van der Waals surface area contributed by atoms with Crippen LogP contribution in [0, 0.1) is 0 Å². The Hall–Kier alpha value is -2.38. The summed E-state index contributed by atoms with van der Waals surface area (Å²) in [5.74, 6) is 0.826. The van der Waals surface area contributed by atoms with Crippen LogP contribution in [0.5, 0.6) is 5.75 Å². The van der Waals surface area contributed by atoms with Gasteiger partial charge in [0.15, 0.2) is 6.21 Å². The molecule has 0 bridgehead atoms. The molecule has 0 aromatic heterocycles. The normalized spacial score (nSPS) is 9.94. The van der Waals surface area contributed by atoms with Gasteiger partial charge in [0, 0.05) is 12.1 Å². The number of para-hydroxylation sites is 1. The molecule has 0 fully saturated rings. The number of hydrogen-bond acceptors (Lipinski definition) is 3. The summed E-state index contributed by atoms with van der Waals surface area (Å²) in [7, 11) is 1.64. The van der Waals surface area contributed by atoms with E-state index in [1.807, 2.05) is 54.6 Å². The number of rotatable bonds is 4. The second kappa shape index (κ2) is 5.64. The number of hydrogen-bond donors (Lipinski definition) is 1. The Kier molecular flexibility index (Phi) is 3.68. The van der Waals surface area contributed by atoms with Gasteiger partial charge in [-0.05, 0) is 12.1 Å². The van der Waals surface area contributed by atoms with E-state index in [1.54, 1.807) is 7.11 Å². The van der Waals surface area contributed by atoms with Gasteiger partial charge < -0.3 is 4.74 Å². The molecule has 0 amide bonds. The molecule has 0 aliphatic heterocycles. The lowest BCUT2D eigenvalue weighted by molar-refractivity contribution is 0.415. The summed E-state index contributed by atoms with van der Waals surface area (Å²) in [6.45, 7) is 0. The summed E-state index contributed by atoms with van der Waals surface area (Å²) in [4.78, 5) is 0. The smallest absolute Gasteiger partial charge is 0.211 e. The summed E-state index contributed by atoms with van der Waals surface area (Å²) in [5.41, 5.74) is 4.74. The van der Waals surface area contributed by atoms with Gasteiger partial charge in [0.25, 0.3) is 0 Å². The van der Waals surface area contributed by atoms with Crippen LogP contribution in [0.15, 0.2) is 59.7 Å². The van der Waals surface area contributed by atoms with Crippen LogP contribution in [0.2, 0.25) is 0 Å². The van der Waals surface area contributed by atoms with E-state index in [9.17, 15) is 0 Å². The highest BCUT2D eigenvalue weighted by atomic mass is 16.5. The largest absolute Gasteiger partial charge is 0.494 e. The van der Waals surface area contributed by atoms with Crippen LogP contribution in [0.3, 0.4) is 0 Å². The fourth-order valence-electron chi connectivity index (χ4n) is 1.34. The van der Waals surface area contributed by atoms with Gasteiger partial charge in [-0.2, -0.15) is 0 Å². The van der Waals surface area contributed by atoms with E-state index in [4.69, 9.17) is 4.74 Å². The van der Waals surface area contributed by atoms with Gasteiger partial charge >= 0.3 is 0 Å². The molecule has 0 unspecified atom stereocenters. The van der Waals surface area contributed by atoms with Crippen molar-refractivity contribution in [3.63, 3.8) is 0 Å². The average Bonchev–Trinajstić information content (AvgIpc) is 2.41. The van der Waals surface area contributed by atoms with Gasteiger partial charge in [0.05, 0.1) is 24.9 Å². The van der Waals surface area contributed by atoms with Crippen LogP contribution >= 0.6 is 0 Å². The molecular weight excluding hydrogens is 212 g/mol. The molecule has 1 N–H and O–H groups in total. The van der Waals surface area contributed by atoms with Crippen LogP contribution < -0.4 is 10.2 Å². The maximum Gasteiger partial charge on any atom is 0.211 e. The van der Waals surface area contributed by atoms with Gasteiger partial charge in [-0.3, -0.25) is 5.43 Å². The Morgan fingerprint density at radius 1 is 1.00 bits per heavy atom. The molecule has 0 heterocycles. The quantitative estimate of drug-likeness (QED) is 0.493. The van der Waals surface area contributed by atoms with E-state index in [0.29, 0.717) is 0 Å². The van der Waals surface area contributed by atoms with E-state index < -0.39 is 0 Å². The number of nitrogens with zero attached hydrogens (tertiary/aromatic N) is 1. The Labute approximate surface area is 101 Å². The maximum atomic E-state index is 5.07. The summed E-state index contributed by atoms with van der Waals surface area (Å²) < 4.78 is 5.07. The molecule has 0 saturated carbocycles.